The predicted molar refractivity (Wildman–Crippen MR) is 86.5 cm³/mol. The van der Waals surface area contributed by atoms with Crippen molar-refractivity contribution >= 4 is 5.91 Å². The molecule has 0 aromatic heterocycles. The van der Waals surface area contributed by atoms with Crippen molar-refractivity contribution in [3.63, 3.8) is 0 Å². The highest BCUT2D eigenvalue weighted by Crippen LogP contribution is 2.41. The van der Waals surface area contributed by atoms with Crippen molar-refractivity contribution in [3.8, 4) is 0 Å². The summed E-state index contributed by atoms with van der Waals surface area (Å²) in [6.45, 7) is 4.15. The zero-order valence-corrected chi connectivity index (χ0v) is 13.3. The Kier molecular flexibility index (Phi) is 4.79. The number of amides is 1. The third-order valence-electron chi connectivity index (χ3n) is 4.77. The number of benzene rings is 1. The SMILES string of the molecule is Cc1ccc(C(NC(=O)CN2CCC(O)CC2)C2CC2)cc1. The molecule has 1 aromatic rings. The van der Waals surface area contributed by atoms with Crippen LogP contribution in [0.2, 0.25) is 0 Å². The number of nitrogens with zero attached hydrogens (tertiary/aromatic N) is 1. The molecule has 1 amide bonds. The molecule has 2 aliphatic rings. The maximum atomic E-state index is 12.4. The van der Waals surface area contributed by atoms with E-state index in [9.17, 15) is 9.90 Å². The van der Waals surface area contributed by atoms with Crippen LogP contribution in [0.5, 0.6) is 0 Å². The van der Waals surface area contributed by atoms with E-state index >= 15 is 0 Å². The summed E-state index contributed by atoms with van der Waals surface area (Å²) in [5, 5.41) is 12.8. The number of aliphatic hydroxyl groups is 1. The minimum Gasteiger partial charge on any atom is -0.393 e. The van der Waals surface area contributed by atoms with Crippen LogP contribution in [0.4, 0.5) is 0 Å². The molecule has 1 heterocycles. The second-order valence-corrected chi connectivity index (χ2v) is 6.80. The highest BCUT2D eigenvalue weighted by Gasteiger charge is 2.33. The summed E-state index contributed by atoms with van der Waals surface area (Å²) < 4.78 is 0. The van der Waals surface area contributed by atoms with Crippen LogP contribution in [-0.2, 0) is 4.79 Å². The first-order valence-electron chi connectivity index (χ1n) is 8.38. The molecule has 2 fully saturated rings. The summed E-state index contributed by atoms with van der Waals surface area (Å²) in [6.07, 6.45) is 3.77. The monoisotopic (exact) mass is 302 g/mol. The van der Waals surface area contributed by atoms with E-state index in [1.807, 2.05) is 0 Å². The van der Waals surface area contributed by atoms with Gasteiger partial charge in [-0.15, -0.1) is 0 Å². The van der Waals surface area contributed by atoms with Gasteiger partial charge in [-0.05, 0) is 44.1 Å². The van der Waals surface area contributed by atoms with Gasteiger partial charge in [0.05, 0.1) is 18.7 Å². The highest BCUT2D eigenvalue weighted by molar-refractivity contribution is 5.78. The Labute approximate surface area is 132 Å². The summed E-state index contributed by atoms with van der Waals surface area (Å²) in [4.78, 5) is 14.5. The van der Waals surface area contributed by atoms with Crippen molar-refractivity contribution in [2.75, 3.05) is 19.6 Å². The molecule has 4 nitrogen and oxygen atoms in total. The normalized spacial score (nSPS) is 21.5. The third kappa shape index (κ3) is 4.08. The molecule has 3 rings (SSSR count). The number of rotatable bonds is 5. The van der Waals surface area contributed by atoms with Crippen LogP contribution in [0, 0.1) is 12.8 Å². The number of hydrogen-bond donors (Lipinski definition) is 2. The van der Waals surface area contributed by atoms with Gasteiger partial charge in [0.25, 0.3) is 0 Å². The van der Waals surface area contributed by atoms with Crippen molar-refractivity contribution in [3.05, 3.63) is 35.4 Å². The Balaban J connectivity index is 1.57. The van der Waals surface area contributed by atoms with E-state index in [-0.39, 0.29) is 18.1 Å². The lowest BCUT2D eigenvalue weighted by atomic mass is 10.0. The number of likely N-dealkylation sites (tertiary alicyclic amines) is 1. The topological polar surface area (TPSA) is 52.6 Å². The molecule has 1 aliphatic carbocycles. The van der Waals surface area contributed by atoms with Gasteiger partial charge >= 0.3 is 0 Å². The summed E-state index contributed by atoms with van der Waals surface area (Å²) in [5.74, 6) is 0.698. The zero-order valence-electron chi connectivity index (χ0n) is 13.3. The Morgan fingerprint density at radius 1 is 1.23 bits per heavy atom. The zero-order chi connectivity index (χ0) is 15.5. The van der Waals surface area contributed by atoms with E-state index in [1.54, 1.807) is 0 Å². The lowest BCUT2D eigenvalue weighted by Crippen LogP contribution is -2.43. The molecular formula is C18H26N2O2. The Morgan fingerprint density at radius 2 is 1.86 bits per heavy atom. The Bertz CT molecular complexity index is 502. The van der Waals surface area contributed by atoms with Crippen molar-refractivity contribution in [1.82, 2.24) is 10.2 Å². The van der Waals surface area contributed by atoms with Gasteiger partial charge in [0.1, 0.15) is 0 Å². The number of aryl methyl sites for hydroxylation is 1. The number of aliphatic hydroxyl groups excluding tert-OH is 1. The van der Waals surface area contributed by atoms with Gasteiger partial charge in [0, 0.05) is 13.1 Å². The molecule has 1 unspecified atom stereocenters. The van der Waals surface area contributed by atoms with Gasteiger partial charge < -0.3 is 10.4 Å². The van der Waals surface area contributed by atoms with E-state index in [0.29, 0.717) is 12.5 Å². The number of carbonyl (C=O) groups excluding carboxylic acids is 1. The van der Waals surface area contributed by atoms with E-state index in [0.717, 1.165) is 25.9 Å². The maximum Gasteiger partial charge on any atom is 0.234 e. The molecule has 120 valence electrons. The fraction of sp³-hybridized carbons (Fsp3) is 0.611. The second-order valence-electron chi connectivity index (χ2n) is 6.80. The van der Waals surface area contributed by atoms with E-state index in [2.05, 4.69) is 41.4 Å². The minimum atomic E-state index is -0.189. The van der Waals surface area contributed by atoms with Crippen LogP contribution in [0.15, 0.2) is 24.3 Å². The third-order valence-corrected chi connectivity index (χ3v) is 4.77. The molecule has 2 N–H and O–H groups in total. The van der Waals surface area contributed by atoms with Crippen molar-refractivity contribution in [2.24, 2.45) is 5.92 Å². The first-order valence-corrected chi connectivity index (χ1v) is 8.38. The van der Waals surface area contributed by atoms with E-state index in [4.69, 9.17) is 0 Å². The number of hydrogen-bond acceptors (Lipinski definition) is 3. The highest BCUT2D eigenvalue weighted by atomic mass is 16.3. The van der Waals surface area contributed by atoms with Gasteiger partial charge in [0.15, 0.2) is 0 Å². The maximum absolute atomic E-state index is 12.4. The summed E-state index contributed by atoms with van der Waals surface area (Å²) in [6, 6.07) is 8.65. The number of piperidine rings is 1. The van der Waals surface area contributed by atoms with Crippen molar-refractivity contribution < 1.29 is 9.90 Å². The van der Waals surface area contributed by atoms with Crippen LogP contribution in [0.1, 0.15) is 42.9 Å². The van der Waals surface area contributed by atoms with Crippen LogP contribution in [0.3, 0.4) is 0 Å². The lowest BCUT2D eigenvalue weighted by Gasteiger charge is -2.29. The van der Waals surface area contributed by atoms with Crippen molar-refractivity contribution in [1.29, 1.82) is 0 Å². The van der Waals surface area contributed by atoms with E-state index in [1.165, 1.54) is 24.0 Å². The molecule has 0 radical (unpaired) electrons. The van der Waals surface area contributed by atoms with Crippen LogP contribution < -0.4 is 5.32 Å². The fourth-order valence-corrected chi connectivity index (χ4v) is 3.18. The van der Waals surface area contributed by atoms with Gasteiger partial charge in [-0.3, -0.25) is 9.69 Å². The molecule has 0 bridgehead atoms. The van der Waals surface area contributed by atoms with Gasteiger partial charge in [0.2, 0.25) is 5.91 Å². The van der Waals surface area contributed by atoms with Crippen LogP contribution >= 0.6 is 0 Å². The fourth-order valence-electron chi connectivity index (χ4n) is 3.18. The number of nitrogens with one attached hydrogen (secondary N) is 1. The van der Waals surface area contributed by atoms with Gasteiger partial charge in [-0.25, -0.2) is 0 Å². The molecule has 1 saturated heterocycles. The molecule has 1 atom stereocenters. The first kappa shape index (κ1) is 15.5. The Hall–Kier alpha value is -1.39. The second kappa shape index (κ2) is 6.80. The summed E-state index contributed by atoms with van der Waals surface area (Å²) >= 11 is 0. The van der Waals surface area contributed by atoms with E-state index < -0.39 is 0 Å². The molecular weight excluding hydrogens is 276 g/mol. The standard InChI is InChI=1S/C18H26N2O2/c1-13-2-4-14(5-3-13)18(15-6-7-15)19-17(22)12-20-10-8-16(21)9-11-20/h2-5,15-16,18,21H,6-12H2,1H3,(H,19,22). The largest absolute Gasteiger partial charge is 0.393 e. The summed E-state index contributed by atoms with van der Waals surface area (Å²) in [5.41, 5.74) is 2.46. The predicted octanol–water partition coefficient (Wildman–Crippen LogP) is 2.02. The van der Waals surface area contributed by atoms with Crippen LogP contribution in [-0.4, -0.2) is 41.7 Å². The molecule has 0 spiro atoms. The Morgan fingerprint density at radius 3 is 2.45 bits per heavy atom. The molecule has 1 saturated carbocycles. The molecule has 1 aliphatic heterocycles. The average Bonchev–Trinajstić information content (AvgIpc) is 3.33. The molecule has 4 heteroatoms. The quantitative estimate of drug-likeness (QED) is 0.875. The van der Waals surface area contributed by atoms with Crippen molar-refractivity contribution in [2.45, 2.75) is 44.8 Å². The first-order chi connectivity index (χ1) is 10.6. The summed E-state index contributed by atoms with van der Waals surface area (Å²) in [7, 11) is 0. The smallest absolute Gasteiger partial charge is 0.234 e. The van der Waals surface area contributed by atoms with Gasteiger partial charge in [-0.2, -0.15) is 0 Å². The van der Waals surface area contributed by atoms with Crippen LogP contribution in [0.25, 0.3) is 0 Å². The average molecular weight is 302 g/mol. The lowest BCUT2D eigenvalue weighted by molar-refractivity contribution is -0.123. The minimum absolute atomic E-state index is 0.105. The number of carbonyl (C=O) groups is 1. The molecule has 1 aromatic carbocycles. The van der Waals surface area contributed by atoms with Gasteiger partial charge in [-0.1, -0.05) is 29.8 Å². The molecule has 22 heavy (non-hydrogen) atoms.